The summed E-state index contributed by atoms with van der Waals surface area (Å²) in [6, 6.07) is 15.7. The standard InChI is InChI=1S/C21H20BrNO2S2/c1-14(2)13-25-18-9-8-16(10-17(18)22)11-19-20(24)23(21(26)27-19)12-15-6-4-3-5-7-15/h3-11,14H,12-13H2,1-2H3/b19-11-. The molecule has 1 saturated heterocycles. The molecular weight excluding hydrogens is 442 g/mol. The molecule has 0 radical (unpaired) electrons. The SMILES string of the molecule is CC(C)COc1ccc(/C=C2\SC(=S)N(Cc3ccccc3)C2=O)cc1Br. The van der Waals surface area contributed by atoms with Gasteiger partial charge in [0.2, 0.25) is 0 Å². The van der Waals surface area contributed by atoms with E-state index in [1.54, 1.807) is 4.90 Å². The maximum atomic E-state index is 12.8. The van der Waals surface area contributed by atoms with Gasteiger partial charge in [-0.2, -0.15) is 0 Å². The lowest BCUT2D eigenvalue weighted by Crippen LogP contribution is -2.27. The highest BCUT2D eigenvalue weighted by Crippen LogP contribution is 2.35. The van der Waals surface area contributed by atoms with Gasteiger partial charge in [-0.25, -0.2) is 0 Å². The lowest BCUT2D eigenvalue weighted by atomic mass is 10.2. The zero-order chi connectivity index (χ0) is 19.4. The van der Waals surface area contributed by atoms with Crippen LogP contribution in [0.15, 0.2) is 57.9 Å². The molecule has 2 aromatic rings. The molecule has 0 atom stereocenters. The van der Waals surface area contributed by atoms with Crippen molar-refractivity contribution in [1.29, 1.82) is 0 Å². The first kappa shape index (κ1) is 20.1. The molecule has 0 N–H and O–H groups in total. The number of hydrogen-bond acceptors (Lipinski definition) is 4. The maximum Gasteiger partial charge on any atom is 0.266 e. The van der Waals surface area contributed by atoms with Crippen LogP contribution in [0.3, 0.4) is 0 Å². The van der Waals surface area contributed by atoms with E-state index in [1.807, 2.05) is 54.6 Å². The van der Waals surface area contributed by atoms with E-state index >= 15 is 0 Å². The molecule has 0 saturated carbocycles. The molecule has 0 bridgehead atoms. The van der Waals surface area contributed by atoms with Crippen molar-refractivity contribution in [2.45, 2.75) is 20.4 Å². The van der Waals surface area contributed by atoms with Crippen LogP contribution in [0.5, 0.6) is 5.75 Å². The van der Waals surface area contributed by atoms with Crippen LogP contribution in [-0.2, 0) is 11.3 Å². The van der Waals surface area contributed by atoms with Crippen LogP contribution in [0.2, 0.25) is 0 Å². The molecule has 3 rings (SSSR count). The molecule has 1 aliphatic rings. The van der Waals surface area contributed by atoms with Crippen molar-refractivity contribution in [2.75, 3.05) is 6.61 Å². The van der Waals surface area contributed by atoms with E-state index in [0.717, 1.165) is 21.3 Å². The average molecular weight is 462 g/mol. The highest BCUT2D eigenvalue weighted by atomic mass is 79.9. The van der Waals surface area contributed by atoms with Crippen molar-refractivity contribution >= 4 is 56.2 Å². The molecule has 27 heavy (non-hydrogen) atoms. The van der Waals surface area contributed by atoms with Crippen LogP contribution >= 0.6 is 39.9 Å². The van der Waals surface area contributed by atoms with E-state index < -0.39 is 0 Å². The van der Waals surface area contributed by atoms with E-state index in [9.17, 15) is 4.79 Å². The first-order valence-electron chi connectivity index (χ1n) is 8.65. The summed E-state index contributed by atoms with van der Waals surface area (Å²) < 4.78 is 7.24. The second-order valence-corrected chi connectivity index (χ2v) is 9.18. The fraction of sp³-hybridized carbons (Fsp3) is 0.238. The third kappa shape index (κ3) is 5.21. The Kier molecular flexibility index (Phi) is 6.73. The van der Waals surface area contributed by atoms with Gasteiger partial charge in [0.1, 0.15) is 10.1 Å². The Balaban J connectivity index is 1.74. The van der Waals surface area contributed by atoms with Crippen LogP contribution in [0.4, 0.5) is 0 Å². The zero-order valence-corrected chi connectivity index (χ0v) is 18.4. The predicted octanol–water partition coefficient (Wildman–Crippen LogP) is 5.89. The molecule has 3 nitrogen and oxygen atoms in total. The molecule has 1 heterocycles. The Morgan fingerprint density at radius 2 is 1.96 bits per heavy atom. The number of halogens is 1. The van der Waals surface area contributed by atoms with E-state index in [4.69, 9.17) is 17.0 Å². The average Bonchev–Trinajstić information content (AvgIpc) is 2.89. The van der Waals surface area contributed by atoms with Crippen LogP contribution in [0.25, 0.3) is 6.08 Å². The number of thioether (sulfide) groups is 1. The van der Waals surface area contributed by atoms with Gasteiger partial charge in [-0.15, -0.1) is 0 Å². The van der Waals surface area contributed by atoms with Crippen molar-refractivity contribution in [3.63, 3.8) is 0 Å². The summed E-state index contributed by atoms with van der Waals surface area (Å²) in [7, 11) is 0. The Bertz CT molecular complexity index is 881. The molecule has 140 valence electrons. The number of ether oxygens (including phenoxy) is 1. The maximum absolute atomic E-state index is 12.8. The molecular formula is C21H20BrNO2S2. The van der Waals surface area contributed by atoms with Crippen LogP contribution in [-0.4, -0.2) is 21.7 Å². The van der Waals surface area contributed by atoms with E-state index in [-0.39, 0.29) is 5.91 Å². The van der Waals surface area contributed by atoms with Gasteiger partial charge in [0.05, 0.1) is 22.5 Å². The van der Waals surface area contributed by atoms with Crippen molar-refractivity contribution < 1.29 is 9.53 Å². The summed E-state index contributed by atoms with van der Waals surface area (Å²) in [6.45, 7) is 5.38. The smallest absolute Gasteiger partial charge is 0.266 e. The predicted molar refractivity (Wildman–Crippen MR) is 120 cm³/mol. The monoisotopic (exact) mass is 461 g/mol. The van der Waals surface area contributed by atoms with Crippen LogP contribution in [0.1, 0.15) is 25.0 Å². The van der Waals surface area contributed by atoms with Gasteiger partial charge in [-0.1, -0.05) is 74.2 Å². The summed E-state index contributed by atoms with van der Waals surface area (Å²) >= 11 is 10.3. The summed E-state index contributed by atoms with van der Waals surface area (Å²) in [6.07, 6.45) is 1.88. The Labute approximate surface area is 177 Å². The van der Waals surface area contributed by atoms with Gasteiger partial charge in [0, 0.05) is 0 Å². The number of hydrogen-bond donors (Lipinski definition) is 0. The van der Waals surface area contributed by atoms with E-state index in [2.05, 4.69) is 29.8 Å². The first-order chi connectivity index (χ1) is 12.9. The fourth-order valence-corrected chi connectivity index (χ4v) is 4.30. The van der Waals surface area contributed by atoms with Gasteiger partial charge < -0.3 is 4.74 Å². The summed E-state index contributed by atoms with van der Waals surface area (Å²) in [5.74, 6) is 1.21. The molecule has 0 unspecified atom stereocenters. The molecule has 1 aliphatic heterocycles. The highest BCUT2D eigenvalue weighted by Gasteiger charge is 2.31. The van der Waals surface area contributed by atoms with Crippen LogP contribution < -0.4 is 4.74 Å². The highest BCUT2D eigenvalue weighted by molar-refractivity contribution is 9.10. The first-order valence-corrected chi connectivity index (χ1v) is 10.7. The molecule has 1 amide bonds. The van der Waals surface area contributed by atoms with Crippen molar-refractivity contribution in [1.82, 2.24) is 4.90 Å². The number of carbonyl (C=O) groups is 1. The Morgan fingerprint density at radius 3 is 2.63 bits per heavy atom. The largest absolute Gasteiger partial charge is 0.492 e. The minimum atomic E-state index is -0.0508. The quantitative estimate of drug-likeness (QED) is 0.396. The molecule has 6 heteroatoms. The lowest BCUT2D eigenvalue weighted by molar-refractivity contribution is -0.122. The molecule has 1 fully saturated rings. The molecule has 0 aliphatic carbocycles. The van der Waals surface area contributed by atoms with Gasteiger partial charge in [0.25, 0.3) is 5.91 Å². The van der Waals surface area contributed by atoms with Crippen molar-refractivity contribution in [3.05, 3.63) is 69.0 Å². The molecule has 0 spiro atoms. The summed E-state index contributed by atoms with van der Waals surface area (Å²) in [5, 5.41) is 0. The minimum absolute atomic E-state index is 0.0508. The molecule has 0 aromatic heterocycles. The summed E-state index contributed by atoms with van der Waals surface area (Å²) in [5.41, 5.74) is 1.99. The van der Waals surface area contributed by atoms with Gasteiger partial charge in [-0.05, 0) is 51.2 Å². The lowest BCUT2D eigenvalue weighted by Gasteiger charge is -2.14. The van der Waals surface area contributed by atoms with Gasteiger partial charge in [0.15, 0.2) is 0 Å². The second-order valence-electron chi connectivity index (χ2n) is 6.65. The second kappa shape index (κ2) is 9.04. The fourth-order valence-electron chi connectivity index (χ4n) is 2.53. The number of carbonyl (C=O) groups excluding carboxylic acids is 1. The number of benzene rings is 2. The van der Waals surface area contributed by atoms with Gasteiger partial charge in [-0.3, -0.25) is 9.69 Å². The van der Waals surface area contributed by atoms with Crippen molar-refractivity contribution in [3.8, 4) is 5.75 Å². The Morgan fingerprint density at radius 1 is 1.22 bits per heavy atom. The number of rotatable bonds is 6. The van der Waals surface area contributed by atoms with Crippen molar-refractivity contribution in [2.24, 2.45) is 5.92 Å². The Hall–Kier alpha value is -1.63. The van der Waals surface area contributed by atoms with Crippen LogP contribution in [0, 0.1) is 5.92 Å². The minimum Gasteiger partial charge on any atom is -0.492 e. The number of nitrogens with zero attached hydrogens (tertiary/aromatic N) is 1. The van der Waals surface area contributed by atoms with E-state index in [0.29, 0.717) is 28.3 Å². The van der Waals surface area contributed by atoms with E-state index in [1.165, 1.54) is 11.8 Å². The third-order valence-electron chi connectivity index (χ3n) is 3.88. The summed E-state index contributed by atoms with van der Waals surface area (Å²) in [4.78, 5) is 15.1. The number of amides is 1. The third-order valence-corrected chi connectivity index (χ3v) is 5.88. The normalized spacial score (nSPS) is 15.9. The molecule has 2 aromatic carbocycles. The zero-order valence-electron chi connectivity index (χ0n) is 15.1. The topological polar surface area (TPSA) is 29.5 Å². The van der Waals surface area contributed by atoms with Gasteiger partial charge >= 0.3 is 0 Å². The number of thiocarbonyl (C=S) groups is 1.